The van der Waals surface area contributed by atoms with Crippen LogP contribution in [-0.4, -0.2) is 47.3 Å². The van der Waals surface area contributed by atoms with Gasteiger partial charge < -0.3 is 15.2 Å². The summed E-state index contributed by atoms with van der Waals surface area (Å²) >= 11 is 0. The van der Waals surface area contributed by atoms with Crippen molar-refractivity contribution in [3.05, 3.63) is 30.0 Å². The van der Waals surface area contributed by atoms with Gasteiger partial charge in [-0.2, -0.15) is 5.10 Å². The first-order chi connectivity index (χ1) is 9.53. The van der Waals surface area contributed by atoms with E-state index in [0.717, 1.165) is 23.1 Å². The van der Waals surface area contributed by atoms with E-state index < -0.39 is 5.60 Å². The minimum Gasteiger partial charge on any atom is -0.388 e. The lowest BCUT2D eigenvalue weighted by Gasteiger charge is -2.23. The molecular formula is C15H23N3O2. The van der Waals surface area contributed by atoms with Gasteiger partial charge in [0.1, 0.15) is 0 Å². The monoisotopic (exact) mass is 277 g/mol. The highest BCUT2D eigenvalue weighted by Gasteiger charge is 2.23. The van der Waals surface area contributed by atoms with E-state index in [2.05, 4.69) is 10.4 Å². The van der Waals surface area contributed by atoms with Crippen LogP contribution in [0.3, 0.4) is 0 Å². The van der Waals surface area contributed by atoms with Gasteiger partial charge >= 0.3 is 0 Å². The molecule has 0 amide bonds. The molecule has 0 saturated heterocycles. The SMILES string of the molecule is COCCNCC(C)(O)Cc1nn(C)c2ccccc12. The molecule has 0 spiro atoms. The van der Waals surface area contributed by atoms with Crippen LogP contribution < -0.4 is 5.32 Å². The molecule has 1 unspecified atom stereocenters. The number of methoxy groups -OCH3 is 1. The molecule has 1 atom stereocenters. The van der Waals surface area contributed by atoms with Crippen molar-refractivity contribution in [3.8, 4) is 0 Å². The summed E-state index contributed by atoms with van der Waals surface area (Å²) in [6.07, 6.45) is 0.522. The lowest BCUT2D eigenvalue weighted by atomic mass is 9.98. The third-order valence-electron chi connectivity index (χ3n) is 3.37. The largest absolute Gasteiger partial charge is 0.388 e. The normalized spacial score (nSPS) is 14.6. The topological polar surface area (TPSA) is 59.3 Å². The first-order valence-electron chi connectivity index (χ1n) is 6.86. The van der Waals surface area contributed by atoms with E-state index in [1.807, 2.05) is 42.9 Å². The molecule has 0 aliphatic carbocycles. The molecule has 2 aromatic rings. The van der Waals surface area contributed by atoms with E-state index >= 15 is 0 Å². The van der Waals surface area contributed by atoms with Gasteiger partial charge in [0, 0.05) is 39.1 Å². The van der Waals surface area contributed by atoms with E-state index in [0.29, 0.717) is 19.6 Å². The van der Waals surface area contributed by atoms with Crippen LogP contribution in [0.1, 0.15) is 12.6 Å². The number of ether oxygens (including phenoxy) is 1. The first-order valence-corrected chi connectivity index (χ1v) is 6.86. The van der Waals surface area contributed by atoms with Crippen molar-refractivity contribution in [2.45, 2.75) is 18.9 Å². The Morgan fingerprint density at radius 2 is 2.15 bits per heavy atom. The smallest absolute Gasteiger partial charge is 0.0799 e. The summed E-state index contributed by atoms with van der Waals surface area (Å²) in [4.78, 5) is 0. The Bertz CT molecular complexity index is 563. The molecule has 0 aliphatic rings. The van der Waals surface area contributed by atoms with Gasteiger partial charge in [0.15, 0.2) is 0 Å². The molecule has 110 valence electrons. The summed E-state index contributed by atoms with van der Waals surface area (Å²) < 4.78 is 6.84. The highest BCUT2D eigenvalue weighted by atomic mass is 16.5. The lowest BCUT2D eigenvalue weighted by Crippen LogP contribution is -2.40. The number of aryl methyl sites for hydroxylation is 1. The van der Waals surface area contributed by atoms with Crippen molar-refractivity contribution in [1.82, 2.24) is 15.1 Å². The molecular weight excluding hydrogens is 254 g/mol. The fourth-order valence-corrected chi connectivity index (χ4v) is 2.37. The fraction of sp³-hybridized carbons (Fsp3) is 0.533. The number of rotatable bonds is 7. The van der Waals surface area contributed by atoms with E-state index in [1.165, 1.54) is 0 Å². The number of aromatic nitrogens is 2. The summed E-state index contributed by atoms with van der Waals surface area (Å²) in [6.45, 7) is 3.72. The number of benzene rings is 1. The molecule has 0 aliphatic heterocycles. The van der Waals surface area contributed by atoms with Crippen LogP contribution in [0, 0.1) is 0 Å². The summed E-state index contributed by atoms with van der Waals surface area (Å²) in [5.41, 5.74) is 1.19. The van der Waals surface area contributed by atoms with Crippen LogP contribution in [-0.2, 0) is 18.2 Å². The van der Waals surface area contributed by atoms with Gasteiger partial charge in [0.2, 0.25) is 0 Å². The standard InChI is InChI=1S/C15H23N3O2/c1-15(19,11-16-8-9-20-3)10-13-12-6-4-5-7-14(12)18(2)17-13/h4-7,16,19H,8-11H2,1-3H3. The highest BCUT2D eigenvalue weighted by Crippen LogP contribution is 2.21. The summed E-state index contributed by atoms with van der Waals surface area (Å²) in [5, 5.41) is 19.3. The zero-order valence-corrected chi connectivity index (χ0v) is 12.4. The van der Waals surface area contributed by atoms with Crippen molar-refractivity contribution in [3.63, 3.8) is 0 Å². The van der Waals surface area contributed by atoms with Gasteiger partial charge in [-0.25, -0.2) is 0 Å². The first kappa shape index (κ1) is 15.0. The number of para-hydroxylation sites is 1. The quantitative estimate of drug-likeness (QED) is 0.744. The summed E-state index contributed by atoms with van der Waals surface area (Å²) in [6, 6.07) is 8.08. The average molecular weight is 277 g/mol. The number of nitrogens with one attached hydrogen (secondary N) is 1. The maximum atomic E-state index is 10.5. The summed E-state index contributed by atoms with van der Waals surface area (Å²) in [5.74, 6) is 0. The zero-order valence-electron chi connectivity index (χ0n) is 12.4. The van der Waals surface area contributed by atoms with Crippen LogP contribution >= 0.6 is 0 Å². The Morgan fingerprint density at radius 1 is 1.40 bits per heavy atom. The van der Waals surface area contributed by atoms with Crippen molar-refractivity contribution in [2.24, 2.45) is 7.05 Å². The third-order valence-corrected chi connectivity index (χ3v) is 3.37. The minimum atomic E-state index is -0.829. The predicted octanol–water partition coefficient (Wildman–Crippen LogP) is 1.10. The molecule has 0 bridgehead atoms. The Morgan fingerprint density at radius 3 is 2.90 bits per heavy atom. The molecule has 5 heteroatoms. The molecule has 1 aromatic heterocycles. The van der Waals surface area contributed by atoms with Gasteiger partial charge in [0.25, 0.3) is 0 Å². The molecule has 20 heavy (non-hydrogen) atoms. The van der Waals surface area contributed by atoms with Crippen molar-refractivity contribution in [1.29, 1.82) is 0 Å². The number of nitrogens with zero attached hydrogens (tertiary/aromatic N) is 2. The number of hydrogen-bond acceptors (Lipinski definition) is 4. The van der Waals surface area contributed by atoms with Crippen molar-refractivity contribution >= 4 is 10.9 Å². The zero-order chi connectivity index (χ0) is 14.6. The molecule has 5 nitrogen and oxygen atoms in total. The predicted molar refractivity (Wildman–Crippen MR) is 79.8 cm³/mol. The van der Waals surface area contributed by atoms with Crippen LogP contribution in [0.25, 0.3) is 10.9 Å². The molecule has 0 fully saturated rings. The van der Waals surface area contributed by atoms with Crippen LogP contribution in [0.15, 0.2) is 24.3 Å². The third kappa shape index (κ3) is 3.56. The second-order valence-corrected chi connectivity index (χ2v) is 5.43. The minimum absolute atomic E-state index is 0.515. The Kier molecular flexibility index (Phi) is 4.75. The number of hydrogen-bond donors (Lipinski definition) is 2. The average Bonchev–Trinajstić information content (AvgIpc) is 2.72. The van der Waals surface area contributed by atoms with Crippen LogP contribution in [0.5, 0.6) is 0 Å². The molecule has 1 heterocycles. The van der Waals surface area contributed by atoms with E-state index in [9.17, 15) is 5.11 Å². The lowest BCUT2D eigenvalue weighted by molar-refractivity contribution is 0.0574. The highest BCUT2D eigenvalue weighted by molar-refractivity contribution is 5.81. The number of fused-ring (bicyclic) bond motifs is 1. The summed E-state index contributed by atoms with van der Waals surface area (Å²) in [7, 11) is 3.59. The molecule has 0 saturated carbocycles. The van der Waals surface area contributed by atoms with Crippen molar-refractivity contribution < 1.29 is 9.84 Å². The van der Waals surface area contributed by atoms with Gasteiger partial charge in [-0.15, -0.1) is 0 Å². The maximum absolute atomic E-state index is 10.5. The molecule has 1 aromatic carbocycles. The van der Waals surface area contributed by atoms with Gasteiger partial charge in [0.05, 0.1) is 23.4 Å². The Labute approximate surface area is 119 Å². The van der Waals surface area contributed by atoms with E-state index in [-0.39, 0.29) is 0 Å². The van der Waals surface area contributed by atoms with E-state index in [4.69, 9.17) is 4.74 Å². The van der Waals surface area contributed by atoms with Crippen LogP contribution in [0.4, 0.5) is 0 Å². The van der Waals surface area contributed by atoms with Crippen molar-refractivity contribution in [2.75, 3.05) is 26.8 Å². The van der Waals surface area contributed by atoms with Crippen LogP contribution in [0.2, 0.25) is 0 Å². The van der Waals surface area contributed by atoms with Gasteiger partial charge in [-0.05, 0) is 13.0 Å². The fourth-order valence-electron chi connectivity index (χ4n) is 2.37. The Hall–Kier alpha value is -1.43. The van der Waals surface area contributed by atoms with E-state index in [1.54, 1.807) is 7.11 Å². The second kappa shape index (κ2) is 6.35. The molecule has 0 radical (unpaired) electrons. The Balaban J connectivity index is 2.07. The second-order valence-electron chi connectivity index (χ2n) is 5.43. The molecule has 2 rings (SSSR count). The molecule has 2 N–H and O–H groups in total. The van der Waals surface area contributed by atoms with Gasteiger partial charge in [-0.1, -0.05) is 18.2 Å². The number of aliphatic hydroxyl groups is 1. The maximum Gasteiger partial charge on any atom is 0.0799 e. The van der Waals surface area contributed by atoms with Gasteiger partial charge in [-0.3, -0.25) is 4.68 Å².